The van der Waals surface area contributed by atoms with E-state index in [4.69, 9.17) is 33.2 Å². The van der Waals surface area contributed by atoms with Crippen molar-refractivity contribution in [3.8, 4) is 22.5 Å². The fourth-order valence-electron chi connectivity index (χ4n) is 3.24. The molecule has 0 spiro atoms. The van der Waals surface area contributed by atoms with Crippen LogP contribution in [0.1, 0.15) is 31.4 Å². The minimum absolute atomic E-state index is 0.707. The molecule has 26 heavy (non-hydrogen) atoms. The van der Waals surface area contributed by atoms with E-state index in [1.54, 1.807) is 0 Å². The SMILES string of the molecule is Clc1ccc(-c2ncc(C3=CCCCC3)nc2-c2ccc(Cl)cc2)cc1. The quantitative estimate of drug-likeness (QED) is 0.485. The number of halogens is 2. The van der Waals surface area contributed by atoms with Gasteiger partial charge in [0.25, 0.3) is 0 Å². The summed E-state index contributed by atoms with van der Waals surface area (Å²) < 4.78 is 0. The van der Waals surface area contributed by atoms with Crippen LogP contribution >= 0.6 is 23.2 Å². The lowest BCUT2D eigenvalue weighted by atomic mass is 9.96. The van der Waals surface area contributed by atoms with Gasteiger partial charge in [-0.05, 0) is 55.5 Å². The fraction of sp³-hybridized carbons (Fsp3) is 0.182. The number of hydrogen-bond acceptors (Lipinski definition) is 2. The number of rotatable bonds is 3. The molecule has 0 unspecified atom stereocenters. The molecule has 4 rings (SSSR count). The monoisotopic (exact) mass is 380 g/mol. The van der Waals surface area contributed by atoms with Gasteiger partial charge in [0.2, 0.25) is 0 Å². The Hall–Kier alpha value is -2.16. The molecule has 0 amide bonds. The van der Waals surface area contributed by atoms with E-state index >= 15 is 0 Å². The number of allylic oxidation sites excluding steroid dienone is 2. The van der Waals surface area contributed by atoms with Crippen LogP contribution < -0.4 is 0 Å². The first-order valence-electron chi connectivity index (χ1n) is 8.79. The van der Waals surface area contributed by atoms with Crippen molar-refractivity contribution in [1.29, 1.82) is 0 Å². The van der Waals surface area contributed by atoms with Gasteiger partial charge in [-0.2, -0.15) is 0 Å². The molecular weight excluding hydrogens is 363 g/mol. The van der Waals surface area contributed by atoms with Crippen LogP contribution in [0.15, 0.2) is 60.8 Å². The third-order valence-electron chi connectivity index (χ3n) is 4.63. The van der Waals surface area contributed by atoms with Gasteiger partial charge in [0.15, 0.2) is 0 Å². The van der Waals surface area contributed by atoms with E-state index in [1.165, 1.54) is 18.4 Å². The van der Waals surface area contributed by atoms with Gasteiger partial charge in [0.05, 0.1) is 23.3 Å². The molecule has 0 N–H and O–H groups in total. The van der Waals surface area contributed by atoms with E-state index < -0.39 is 0 Å². The van der Waals surface area contributed by atoms with Crippen LogP contribution in [-0.2, 0) is 0 Å². The lowest BCUT2D eigenvalue weighted by molar-refractivity contribution is 0.739. The van der Waals surface area contributed by atoms with Gasteiger partial charge in [-0.1, -0.05) is 53.5 Å². The van der Waals surface area contributed by atoms with Crippen LogP contribution in [0.5, 0.6) is 0 Å². The summed E-state index contributed by atoms with van der Waals surface area (Å²) in [5.41, 5.74) is 5.98. The Balaban J connectivity index is 1.86. The topological polar surface area (TPSA) is 25.8 Å². The normalized spacial score (nSPS) is 14.2. The highest BCUT2D eigenvalue weighted by Gasteiger charge is 2.15. The van der Waals surface area contributed by atoms with Crippen molar-refractivity contribution in [1.82, 2.24) is 9.97 Å². The second-order valence-electron chi connectivity index (χ2n) is 6.44. The highest BCUT2D eigenvalue weighted by atomic mass is 35.5. The summed E-state index contributed by atoms with van der Waals surface area (Å²) in [6.07, 6.45) is 8.83. The Bertz CT molecular complexity index is 945. The number of benzene rings is 2. The van der Waals surface area contributed by atoms with Gasteiger partial charge >= 0.3 is 0 Å². The van der Waals surface area contributed by atoms with Crippen molar-refractivity contribution < 1.29 is 0 Å². The zero-order valence-electron chi connectivity index (χ0n) is 14.3. The maximum absolute atomic E-state index is 6.07. The van der Waals surface area contributed by atoms with E-state index in [-0.39, 0.29) is 0 Å². The molecule has 1 heterocycles. The summed E-state index contributed by atoms with van der Waals surface area (Å²) in [5.74, 6) is 0. The molecule has 2 nitrogen and oxygen atoms in total. The summed E-state index contributed by atoms with van der Waals surface area (Å²) in [6, 6.07) is 15.5. The number of aromatic nitrogens is 2. The summed E-state index contributed by atoms with van der Waals surface area (Å²) in [7, 11) is 0. The first-order valence-corrected chi connectivity index (χ1v) is 9.54. The Labute approximate surface area is 163 Å². The van der Waals surface area contributed by atoms with Gasteiger partial charge in [-0.25, -0.2) is 4.98 Å². The van der Waals surface area contributed by atoms with E-state index in [0.717, 1.165) is 41.1 Å². The number of hydrogen-bond donors (Lipinski definition) is 0. The molecule has 2 aromatic carbocycles. The Morgan fingerprint density at radius 1 is 0.731 bits per heavy atom. The largest absolute Gasteiger partial charge is 0.252 e. The maximum Gasteiger partial charge on any atom is 0.0972 e. The van der Waals surface area contributed by atoms with Crippen molar-refractivity contribution in [3.05, 3.63) is 76.5 Å². The molecule has 0 bridgehead atoms. The van der Waals surface area contributed by atoms with Crippen LogP contribution in [0.4, 0.5) is 0 Å². The Kier molecular flexibility index (Phi) is 5.05. The van der Waals surface area contributed by atoms with Crippen molar-refractivity contribution in [2.24, 2.45) is 0 Å². The van der Waals surface area contributed by atoms with Crippen LogP contribution in [0, 0.1) is 0 Å². The second-order valence-corrected chi connectivity index (χ2v) is 7.31. The lowest BCUT2D eigenvalue weighted by Crippen LogP contribution is -2.00. The van der Waals surface area contributed by atoms with Crippen LogP contribution in [0.2, 0.25) is 10.0 Å². The minimum Gasteiger partial charge on any atom is -0.252 e. The van der Waals surface area contributed by atoms with Gasteiger partial charge in [0.1, 0.15) is 0 Å². The summed E-state index contributed by atoms with van der Waals surface area (Å²) in [6.45, 7) is 0. The molecule has 0 fully saturated rings. The van der Waals surface area contributed by atoms with Gasteiger partial charge in [-0.15, -0.1) is 0 Å². The highest BCUT2D eigenvalue weighted by molar-refractivity contribution is 6.31. The molecule has 1 aliphatic carbocycles. The predicted octanol–water partition coefficient (Wildman–Crippen LogP) is 7.07. The average molecular weight is 381 g/mol. The van der Waals surface area contributed by atoms with E-state index in [1.807, 2.05) is 54.7 Å². The van der Waals surface area contributed by atoms with Crippen molar-refractivity contribution in [3.63, 3.8) is 0 Å². The molecule has 0 atom stereocenters. The lowest BCUT2D eigenvalue weighted by Gasteiger charge is -2.15. The first kappa shape index (κ1) is 17.3. The molecule has 3 aromatic rings. The Morgan fingerprint density at radius 2 is 1.35 bits per heavy atom. The van der Waals surface area contributed by atoms with E-state index in [0.29, 0.717) is 10.0 Å². The minimum atomic E-state index is 0.707. The molecule has 0 aliphatic heterocycles. The van der Waals surface area contributed by atoms with Gasteiger partial charge in [0, 0.05) is 21.2 Å². The molecule has 4 heteroatoms. The zero-order valence-corrected chi connectivity index (χ0v) is 15.8. The molecule has 0 saturated carbocycles. The van der Waals surface area contributed by atoms with Gasteiger partial charge < -0.3 is 0 Å². The van der Waals surface area contributed by atoms with Crippen molar-refractivity contribution in [2.45, 2.75) is 25.7 Å². The molecular formula is C22H18Cl2N2. The predicted molar refractivity (Wildman–Crippen MR) is 109 cm³/mol. The van der Waals surface area contributed by atoms with Crippen LogP contribution in [0.3, 0.4) is 0 Å². The molecule has 1 aliphatic rings. The van der Waals surface area contributed by atoms with Crippen LogP contribution in [-0.4, -0.2) is 9.97 Å². The Morgan fingerprint density at radius 3 is 1.92 bits per heavy atom. The van der Waals surface area contributed by atoms with Crippen molar-refractivity contribution in [2.75, 3.05) is 0 Å². The number of nitrogens with zero attached hydrogens (tertiary/aromatic N) is 2. The third-order valence-corrected chi connectivity index (χ3v) is 5.13. The molecule has 130 valence electrons. The average Bonchev–Trinajstić information content (AvgIpc) is 2.70. The van der Waals surface area contributed by atoms with Gasteiger partial charge in [-0.3, -0.25) is 4.98 Å². The molecule has 1 aromatic heterocycles. The van der Waals surface area contributed by atoms with Crippen molar-refractivity contribution >= 4 is 28.8 Å². The highest BCUT2D eigenvalue weighted by Crippen LogP contribution is 2.33. The zero-order chi connectivity index (χ0) is 17.9. The fourth-order valence-corrected chi connectivity index (χ4v) is 3.49. The summed E-state index contributed by atoms with van der Waals surface area (Å²) in [5, 5.41) is 1.42. The molecule has 0 saturated heterocycles. The third kappa shape index (κ3) is 3.67. The van der Waals surface area contributed by atoms with Crippen LogP contribution in [0.25, 0.3) is 28.1 Å². The van der Waals surface area contributed by atoms with E-state index in [9.17, 15) is 0 Å². The van der Waals surface area contributed by atoms with E-state index in [2.05, 4.69) is 6.08 Å². The molecule has 0 radical (unpaired) electrons. The first-order chi connectivity index (χ1) is 12.7. The smallest absolute Gasteiger partial charge is 0.0972 e. The second kappa shape index (κ2) is 7.61. The standard InChI is InChI=1S/C22H18Cl2N2/c23-18-10-6-16(7-11-18)21-22(17-8-12-19(24)13-9-17)26-20(14-25-21)15-4-2-1-3-5-15/h4,6-14H,1-3,5H2. The summed E-state index contributed by atoms with van der Waals surface area (Å²) >= 11 is 12.1. The summed E-state index contributed by atoms with van der Waals surface area (Å²) in [4.78, 5) is 9.76. The maximum atomic E-state index is 6.07.